The van der Waals surface area contributed by atoms with Gasteiger partial charge in [0.05, 0.1) is 17.1 Å². The zero-order valence-electron chi connectivity index (χ0n) is 12.1. The van der Waals surface area contributed by atoms with Gasteiger partial charge in [0.25, 0.3) is 5.91 Å². The summed E-state index contributed by atoms with van der Waals surface area (Å²) in [4.78, 5) is 25.8. The number of hydrogen-bond acceptors (Lipinski definition) is 4. The number of likely N-dealkylation sites (N-methyl/N-ethyl adjacent to an activating group) is 1. The number of carbonyl (C=O) groups excluding carboxylic acids is 2. The van der Waals surface area contributed by atoms with Crippen molar-refractivity contribution in [2.45, 2.75) is 18.9 Å². The van der Waals surface area contributed by atoms with Crippen LogP contribution in [0.15, 0.2) is 24.3 Å². The maximum absolute atomic E-state index is 12.0. The van der Waals surface area contributed by atoms with Gasteiger partial charge in [-0.25, -0.2) is 0 Å². The molecule has 5 nitrogen and oxygen atoms in total. The van der Waals surface area contributed by atoms with Crippen molar-refractivity contribution in [3.05, 3.63) is 34.9 Å². The highest BCUT2D eigenvalue weighted by Gasteiger charge is 2.18. The molecule has 21 heavy (non-hydrogen) atoms. The van der Waals surface area contributed by atoms with Gasteiger partial charge in [-0.3, -0.25) is 19.8 Å². The summed E-state index contributed by atoms with van der Waals surface area (Å²) in [5, 5.41) is 6.08. The van der Waals surface area contributed by atoms with E-state index in [-0.39, 0.29) is 12.5 Å². The molecule has 1 saturated heterocycles. The predicted molar refractivity (Wildman–Crippen MR) is 82.4 cm³/mol. The molecule has 1 aliphatic rings. The topological polar surface area (TPSA) is 61.4 Å². The first-order valence-corrected chi connectivity index (χ1v) is 7.44. The Morgan fingerprint density at radius 2 is 2.19 bits per heavy atom. The van der Waals surface area contributed by atoms with Crippen LogP contribution in [0.3, 0.4) is 0 Å². The Morgan fingerprint density at radius 1 is 1.43 bits per heavy atom. The molecule has 0 spiro atoms. The fourth-order valence-electron chi connectivity index (χ4n) is 2.48. The molecule has 6 heteroatoms. The fourth-order valence-corrected chi connectivity index (χ4v) is 2.70. The predicted octanol–water partition coefficient (Wildman–Crippen LogP) is 1.28. The van der Waals surface area contributed by atoms with Crippen molar-refractivity contribution in [3.8, 4) is 0 Å². The van der Waals surface area contributed by atoms with Crippen LogP contribution in [0.1, 0.15) is 23.2 Å². The summed E-state index contributed by atoms with van der Waals surface area (Å²) in [6.07, 6.45) is 2.31. The fraction of sp³-hybridized carbons (Fsp3) is 0.467. The highest BCUT2D eigenvalue weighted by atomic mass is 35.5. The van der Waals surface area contributed by atoms with E-state index in [0.717, 1.165) is 19.5 Å². The first-order chi connectivity index (χ1) is 10.1. The first-order valence-electron chi connectivity index (χ1n) is 7.07. The van der Waals surface area contributed by atoms with Crippen LogP contribution < -0.4 is 10.6 Å². The van der Waals surface area contributed by atoms with Crippen LogP contribution in [-0.2, 0) is 4.79 Å². The Balaban J connectivity index is 1.81. The molecule has 0 bridgehead atoms. The van der Waals surface area contributed by atoms with Crippen LogP contribution in [-0.4, -0.2) is 49.4 Å². The van der Waals surface area contributed by atoms with Crippen LogP contribution in [0.2, 0.25) is 5.02 Å². The monoisotopic (exact) mass is 309 g/mol. The summed E-state index contributed by atoms with van der Waals surface area (Å²) >= 11 is 5.93. The Morgan fingerprint density at radius 3 is 2.86 bits per heavy atom. The van der Waals surface area contributed by atoms with Crippen molar-refractivity contribution in [2.24, 2.45) is 0 Å². The molecule has 1 heterocycles. The number of imide groups is 1. The normalized spacial score (nSPS) is 18.0. The average molecular weight is 310 g/mol. The lowest BCUT2D eigenvalue weighted by molar-refractivity contribution is -0.121. The molecule has 2 amide bonds. The molecule has 1 aromatic carbocycles. The quantitative estimate of drug-likeness (QED) is 0.860. The number of benzene rings is 1. The molecule has 0 saturated carbocycles. The lowest BCUT2D eigenvalue weighted by atomic mass is 10.2. The molecule has 0 aromatic heterocycles. The molecular weight excluding hydrogens is 290 g/mol. The van der Waals surface area contributed by atoms with Crippen molar-refractivity contribution < 1.29 is 9.59 Å². The summed E-state index contributed by atoms with van der Waals surface area (Å²) in [7, 11) is 1.87. The minimum atomic E-state index is -0.460. The van der Waals surface area contributed by atoms with E-state index in [1.165, 1.54) is 6.42 Å². The third-order valence-electron chi connectivity index (χ3n) is 3.48. The average Bonchev–Trinajstić information content (AvgIpc) is 2.91. The van der Waals surface area contributed by atoms with E-state index < -0.39 is 5.91 Å². The number of halogens is 1. The molecule has 1 fully saturated rings. The van der Waals surface area contributed by atoms with Gasteiger partial charge in [-0.2, -0.15) is 0 Å². The lowest BCUT2D eigenvalue weighted by Crippen LogP contribution is -2.42. The number of hydrogen-bond donors (Lipinski definition) is 2. The second kappa shape index (κ2) is 7.54. The Kier molecular flexibility index (Phi) is 5.73. The summed E-state index contributed by atoms with van der Waals surface area (Å²) in [5.41, 5.74) is 0.313. The van der Waals surface area contributed by atoms with E-state index in [0.29, 0.717) is 16.6 Å². The van der Waals surface area contributed by atoms with Gasteiger partial charge in [-0.05, 0) is 38.6 Å². The van der Waals surface area contributed by atoms with Crippen LogP contribution in [0, 0.1) is 0 Å². The van der Waals surface area contributed by atoms with Gasteiger partial charge in [0.2, 0.25) is 5.91 Å². The van der Waals surface area contributed by atoms with Crippen molar-refractivity contribution in [2.75, 3.05) is 26.7 Å². The Bertz CT molecular complexity index is 515. The Hall–Kier alpha value is -1.43. The minimum Gasteiger partial charge on any atom is -0.313 e. The third-order valence-corrected chi connectivity index (χ3v) is 3.81. The second-order valence-electron chi connectivity index (χ2n) is 5.35. The summed E-state index contributed by atoms with van der Waals surface area (Å²) < 4.78 is 0. The van der Waals surface area contributed by atoms with Crippen molar-refractivity contribution in [1.82, 2.24) is 15.5 Å². The standard InChI is InChI=1S/C15H20ClN3O2/c1-19(9-11-5-4-8-17-11)10-14(20)18-15(21)12-6-2-3-7-13(12)16/h2-3,6-7,11,17H,4-5,8-10H2,1H3,(H,18,20,21). The van der Waals surface area contributed by atoms with E-state index >= 15 is 0 Å². The molecule has 1 atom stereocenters. The van der Waals surface area contributed by atoms with E-state index in [1.807, 2.05) is 11.9 Å². The van der Waals surface area contributed by atoms with Crippen LogP contribution in [0.25, 0.3) is 0 Å². The van der Waals surface area contributed by atoms with Crippen molar-refractivity contribution in [1.29, 1.82) is 0 Å². The van der Waals surface area contributed by atoms with E-state index in [4.69, 9.17) is 11.6 Å². The zero-order valence-corrected chi connectivity index (χ0v) is 12.8. The van der Waals surface area contributed by atoms with Gasteiger partial charge in [-0.15, -0.1) is 0 Å². The molecular formula is C15H20ClN3O2. The number of amides is 2. The number of nitrogens with one attached hydrogen (secondary N) is 2. The lowest BCUT2D eigenvalue weighted by Gasteiger charge is -2.20. The molecule has 1 unspecified atom stereocenters. The summed E-state index contributed by atoms with van der Waals surface area (Å²) in [5.74, 6) is -0.779. The smallest absolute Gasteiger partial charge is 0.259 e. The maximum Gasteiger partial charge on any atom is 0.259 e. The molecule has 1 aromatic rings. The second-order valence-corrected chi connectivity index (χ2v) is 5.75. The van der Waals surface area contributed by atoms with Crippen molar-refractivity contribution >= 4 is 23.4 Å². The van der Waals surface area contributed by atoms with E-state index in [9.17, 15) is 9.59 Å². The van der Waals surface area contributed by atoms with Crippen LogP contribution in [0.5, 0.6) is 0 Å². The van der Waals surface area contributed by atoms with Crippen molar-refractivity contribution in [3.63, 3.8) is 0 Å². The highest BCUT2D eigenvalue weighted by Crippen LogP contribution is 2.14. The van der Waals surface area contributed by atoms with Gasteiger partial charge in [-0.1, -0.05) is 23.7 Å². The molecule has 1 aliphatic heterocycles. The van der Waals surface area contributed by atoms with Gasteiger partial charge in [0.15, 0.2) is 0 Å². The molecule has 2 N–H and O–H groups in total. The summed E-state index contributed by atoms with van der Waals surface area (Å²) in [6.45, 7) is 2.03. The van der Waals surface area contributed by atoms with Gasteiger partial charge >= 0.3 is 0 Å². The first kappa shape index (κ1) is 15.9. The van der Waals surface area contributed by atoms with E-state index in [1.54, 1.807) is 24.3 Å². The highest BCUT2D eigenvalue weighted by molar-refractivity contribution is 6.34. The van der Waals surface area contributed by atoms with Gasteiger partial charge in [0, 0.05) is 12.6 Å². The molecule has 2 rings (SSSR count). The van der Waals surface area contributed by atoms with Gasteiger partial charge in [0.1, 0.15) is 0 Å². The number of rotatable bonds is 5. The van der Waals surface area contributed by atoms with E-state index in [2.05, 4.69) is 10.6 Å². The summed E-state index contributed by atoms with van der Waals surface area (Å²) in [6, 6.07) is 7.10. The molecule has 0 aliphatic carbocycles. The minimum absolute atomic E-state index is 0.189. The zero-order chi connectivity index (χ0) is 15.2. The molecule has 0 radical (unpaired) electrons. The largest absolute Gasteiger partial charge is 0.313 e. The third kappa shape index (κ3) is 4.81. The maximum atomic E-state index is 12.0. The molecule has 114 valence electrons. The van der Waals surface area contributed by atoms with Crippen LogP contribution >= 0.6 is 11.6 Å². The number of carbonyl (C=O) groups is 2. The SMILES string of the molecule is CN(CC(=O)NC(=O)c1ccccc1Cl)CC1CCCN1. The Labute approximate surface area is 129 Å². The van der Waals surface area contributed by atoms with Gasteiger partial charge < -0.3 is 5.32 Å². The number of nitrogens with zero attached hydrogens (tertiary/aromatic N) is 1. The van der Waals surface area contributed by atoms with Crippen LogP contribution in [0.4, 0.5) is 0 Å².